The van der Waals surface area contributed by atoms with Gasteiger partial charge in [0.1, 0.15) is 16.5 Å². The van der Waals surface area contributed by atoms with Crippen LogP contribution < -0.4 is 5.32 Å². The van der Waals surface area contributed by atoms with Crippen molar-refractivity contribution in [2.75, 3.05) is 18.5 Å². The molecule has 1 aliphatic rings. The summed E-state index contributed by atoms with van der Waals surface area (Å²) in [6.07, 6.45) is 4.67. The van der Waals surface area contributed by atoms with Crippen LogP contribution in [-0.4, -0.2) is 29.1 Å². The molecule has 0 radical (unpaired) electrons. The average molecular weight is 347 g/mol. The molecule has 0 unspecified atom stereocenters. The van der Waals surface area contributed by atoms with E-state index in [4.69, 9.17) is 4.74 Å². The Morgan fingerprint density at radius 3 is 3.04 bits per heavy atom. The van der Waals surface area contributed by atoms with Crippen LogP contribution in [0.1, 0.15) is 49.4 Å². The smallest absolute Gasteiger partial charge is 0.305 e. The van der Waals surface area contributed by atoms with E-state index in [0.717, 1.165) is 41.7 Å². The summed E-state index contributed by atoms with van der Waals surface area (Å²) in [6, 6.07) is 0. The molecule has 0 saturated carbocycles. The molecule has 0 saturated heterocycles. The molecule has 0 bridgehead atoms. The first-order valence-corrected chi connectivity index (χ1v) is 9.58. The Balaban J connectivity index is 1.76. The lowest BCUT2D eigenvalue weighted by atomic mass is 9.89. The Morgan fingerprint density at radius 1 is 1.42 bits per heavy atom. The van der Waals surface area contributed by atoms with E-state index in [1.54, 1.807) is 0 Å². The molecule has 2 aromatic heterocycles. The van der Waals surface area contributed by atoms with E-state index in [0.29, 0.717) is 19.6 Å². The fraction of sp³-hybridized carbons (Fsp3) is 0.611. The number of carbonyl (C=O) groups excluding carboxylic acids is 1. The highest BCUT2D eigenvalue weighted by Gasteiger charge is 2.23. The van der Waals surface area contributed by atoms with Gasteiger partial charge >= 0.3 is 5.97 Å². The van der Waals surface area contributed by atoms with E-state index in [-0.39, 0.29) is 5.97 Å². The first-order valence-electron chi connectivity index (χ1n) is 8.76. The minimum absolute atomic E-state index is 0.134. The largest absolute Gasteiger partial charge is 0.466 e. The molecule has 3 rings (SSSR count). The van der Waals surface area contributed by atoms with E-state index in [2.05, 4.69) is 22.2 Å². The van der Waals surface area contributed by atoms with Gasteiger partial charge < -0.3 is 10.1 Å². The van der Waals surface area contributed by atoms with Crippen LogP contribution in [0.3, 0.4) is 0 Å². The summed E-state index contributed by atoms with van der Waals surface area (Å²) in [5.41, 5.74) is 1.43. The molecule has 0 spiro atoms. The molecule has 2 heterocycles. The Labute approximate surface area is 146 Å². The summed E-state index contributed by atoms with van der Waals surface area (Å²) in [7, 11) is 0. The van der Waals surface area contributed by atoms with Crippen LogP contribution in [-0.2, 0) is 22.4 Å². The Bertz CT molecular complexity index is 741. The second kappa shape index (κ2) is 7.47. The third-order valence-corrected chi connectivity index (χ3v) is 5.57. The average Bonchev–Trinajstić information content (AvgIpc) is 2.88. The number of aryl methyl sites for hydroxylation is 2. The van der Waals surface area contributed by atoms with Gasteiger partial charge in [0.05, 0.1) is 12.0 Å². The van der Waals surface area contributed by atoms with E-state index in [1.165, 1.54) is 22.2 Å². The fourth-order valence-corrected chi connectivity index (χ4v) is 4.68. The second-order valence-corrected chi connectivity index (χ2v) is 7.57. The van der Waals surface area contributed by atoms with Gasteiger partial charge in [-0.05, 0) is 51.0 Å². The monoisotopic (exact) mass is 347 g/mol. The Kier molecular flexibility index (Phi) is 5.33. The summed E-state index contributed by atoms with van der Waals surface area (Å²) >= 11 is 1.82. The minimum atomic E-state index is -0.134. The van der Waals surface area contributed by atoms with Crippen LogP contribution in [0.25, 0.3) is 10.2 Å². The molecule has 0 fully saturated rings. The standard InChI is InChI=1S/C18H25N3O2S/c1-4-23-15(22)6-5-9-19-17-16-13-8-7-11(2)10-14(13)24-18(16)21-12(3)20-17/h11H,4-10H2,1-3H3,(H,19,20,21)/t11-/m1/s1. The van der Waals surface area contributed by atoms with Gasteiger partial charge in [-0.3, -0.25) is 4.79 Å². The van der Waals surface area contributed by atoms with Crippen molar-refractivity contribution in [1.29, 1.82) is 0 Å². The number of hydrogen-bond acceptors (Lipinski definition) is 6. The number of nitrogens with zero attached hydrogens (tertiary/aromatic N) is 2. The topological polar surface area (TPSA) is 64.1 Å². The Morgan fingerprint density at radius 2 is 2.25 bits per heavy atom. The zero-order chi connectivity index (χ0) is 17.1. The van der Waals surface area contributed by atoms with Gasteiger partial charge in [0.25, 0.3) is 0 Å². The number of carbonyl (C=O) groups is 1. The van der Waals surface area contributed by atoms with Crippen molar-refractivity contribution in [2.24, 2.45) is 5.92 Å². The number of aromatic nitrogens is 2. The van der Waals surface area contributed by atoms with Crippen molar-refractivity contribution < 1.29 is 9.53 Å². The molecule has 0 aliphatic heterocycles. The lowest BCUT2D eigenvalue weighted by Crippen LogP contribution is -2.11. The molecule has 0 amide bonds. The molecule has 0 aromatic carbocycles. The number of nitrogens with one attached hydrogen (secondary N) is 1. The molecule has 1 atom stereocenters. The summed E-state index contributed by atoms with van der Waals surface area (Å²) in [4.78, 5) is 23.3. The van der Waals surface area contributed by atoms with E-state index in [1.807, 2.05) is 25.2 Å². The molecule has 2 aromatic rings. The molecule has 1 N–H and O–H groups in total. The number of esters is 1. The van der Waals surface area contributed by atoms with Crippen molar-refractivity contribution >= 4 is 33.3 Å². The van der Waals surface area contributed by atoms with Gasteiger partial charge in [0.2, 0.25) is 0 Å². The lowest BCUT2D eigenvalue weighted by Gasteiger charge is -2.18. The second-order valence-electron chi connectivity index (χ2n) is 6.49. The number of anilines is 1. The van der Waals surface area contributed by atoms with Crippen molar-refractivity contribution in [3.05, 3.63) is 16.3 Å². The quantitative estimate of drug-likeness (QED) is 0.634. The highest BCUT2D eigenvalue weighted by Crippen LogP contribution is 2.39. The van der Waals surface area contributed by atoms with Crippen LogP contribution in [0, 0.1) is 12.8 Å². The van der Waals surface area contributed by atoms with Crippen molar-refractivity contribution in [1.82, 2.24) is 9.97 Å². The first-order chi connectivity index (χ1) is 11.6. The van der Waals surface area contributed by atoms with Crippen molar-refractivity contribution in [3.63, 3.8) is 0 Å². The SMILES string of the molecule is CCOC(=O)CCCNc1nc(C)nc2sc3c(c12)CC[C@@H](C)C3. The highest BCUT2D eigenvalue weighted by atomic mass is 32.1. The van der Waals surface area contributed by atoms with Gasteiger partial charge in [-0.15, -0.1) is 11.3 Å². The fourth-order valence-electron chi connectivity index (χ4n) is 3.25. The van der Waals surface area contributed by atoms with Crippen LogP contribution in [0.2, 0.25) is 0 Å². The minimum Gasteiger partial charge on any atom is -0.466 e. The zero-order valence-electron chi connectivity index (χ0n) is 14.6. The number of fused-ring (bicyclic) bond motifs is 3. The molecule has 1 aliphatic carbocycles. The molecule has 5 nitrogen and oxygen atoms in total. The summed E-state index contributed by atoms with van der Waals surface area (Å²) < 4.78 is 4.96. The van der Waals surface area contributed by atoms with Crippen LogP contribution >= 0.6 is 11.3 Å². The zero-order valence-corrected chi connectivity index (χ0v) is 15.5. The number of rotatable bonds is 6. The van der Waals surface area contributed by atoms with Crippen LogP contribution in [0.5, 0.6) is 0 Å². The van der Waals surface area contributed by atoms with Gasteiger partial charge in [0, 0.05) is 17.8 Å². The van der Waals surface area contributed by atoms with E-state index in [9.17, 15) is 4.79 Å². The van der Waals surface area contributed by atoms with Gasteiger partial charge in [0.15, 0.2) is 0 Å². The van der Waals surface area contributed by atoms with Crippen LogP contribution in [0.4, 0.5) is 5.82 Å². The molecular weight excluding hydrogens is 322 g/mol. The summed E-state index contributed by atoms with van der Waals surface area (Å²) in [5, 5.41) is 4.62. The number of hydrogen-bond donors (Lipinski definition) is 1. The Hall–Kier alpha value is -1.69. The lowest BCUT2D eigenvalue weighted by molar-refractivity contribution is -0.143. The maximum atomic E-state index is 11.4. The molecule has 130 valence electrons. The maximum Gasteiger partial charge on any atom is 0.305 e. The maximum absolute atomic E-state index is 11.4. The number of ether oxygens (including phenoxy) is 1. The first kappa shape index (κ1) is 17.1. The molecule has 24 heavy (non-hydrogen) atoms. The predicted molar refractivity (Wildman–Crippen MR) is 97.7 cm³/mol. The number of thiophene rings is 1. The van der Waals surface area contributed by atoms with E-state index < -0.39 is 0 Å². The van der Waals surface area contributed by atoms with Gasteiger partial charge in [-0.2, -0.15) is 0 Å². The molecular formula is C18H25N3O2S. The van der Waals surface area contributed by atoms with Crippen molar-refractivity contribution in [3.8, 4) is 0 Å². The van der Waals surface area contributed by atoms with Crippen molar-refractivity contribution in [2.45, 2.75) is 52.9 Å². The summed E-state index contributed by atoms with van der Waals surface area (Å²) in [5.74, 6) is 2.33. The van der Waals surface area contributed by atoms with E-state index >= 15 is 0 Å². The third-order valence-electron chi connectivity index (χ3n) is 4.42. The summed E-state index contributed by atoms with van der Waals surface area (Å²) in [6.45, 7) is 7.24. The van der Waals surface area contributed by atoms with Gasteiger partial charge in [-0.25, -0.2) is 9.97 Å². The predicted octanol–water partition coefficient (Wildman–Crippen LogP) is 3.88. The highest BCUT2D eigenvalue weighted by molar-refractivity contribution is 7.19. The molecule has 6 heteroatoms. The third kappa shape index (κ3) is 3.69. The van der Waals surface area contributed by atoms with Gasteiger partial charge in [-0.1, -0.05) is 6.92 Å². The normalized spacial score (nSPS) is 16.9. The van der Waals surface area contributed by atoms with Crippen LogP contribution in [0.15, 0.2) is 0 Å².